The zero-order valence-electron chi connectivity index (χ0n) is 17.2. The summed E-state index contributed by atoms with van der Waals surface area (Å²) in [5.41, 5.74) is 0.167. The summed E-state index contributed by atoms with van der Waals surface area (Å²) in [5.74, 6) is -2.51. The predicted octanol–water partition coefficient (Wildman–Crippen LogP) is 8.30. The normalized spacial score (nSPS) is 19.0. The summed E-state index contributed by atoms with van der Waals surface area (Å²) < 4.78 is 67.6. The van der Waals surface area contributed by atoms with Gasteiger partial charge >= 0.3 is 0 Å². The summed E-state index contributed by atoms with van der Waals surface area (Å²) in [5, 5.41) is 0. The van der Waals surface area contributed by atoms with Gasteiger partial charge in [-0.2, -0.15) is 8.78 Å². The lowest BCUT2D eigenvalue weighted by molar-refractivity contribution is 0.428. The van der Waals surface area contributed by atoms with Crippen molar-refractivity contribution in [1.82, 2.24) is 0 Å². The van der Waals surface area contributed by atoms with Crippen LogP contribution in [0.3, 0.4) is 0 Å². The molecule has 6 heteroatoms. The average molecular weight is 439 g/mol. The largest absolute Gasteiger partial charge is 0.271 e. The molecule has 0 atom stereocenters. The van der Waals surface area contributed by atoms with Crippen LogP contribution in [0.15, 0.2) is 36.4 Å². The van der Waals surface area contributed by atoms with Crippen LogP contribution in [-0.2, 0) is 0 Å². The molecule has 1 fully saturated rings. The Kier molecular flexibility index (Phi) is 7.86. The first-order chi connectivity index (χ1) is 14.4. The van der Waals surface area contributed by atoms with Gasteiger partial charge in [-0.3, -0.25) is 0 Å². The zero-order valence-corrected chi connectivity index (χ0v) is 18.3. The Bertz CT molecular complexity index is 873. The molecule has 0 aromatic heterocycles. The summed E-state index contributed by atoms with van der Waals surface area (Å²) in [7, 11) is -0.653. The van der Waals surface area contributed by atoms with Crippen LogP contribution in [0.5, 0.6) is 0 Å². The summed E-state index contributed by atoms with van der Waals surface area (Å²) in [4.78, 5) is 0. The van der Waals surface area contributed by atoms with E-state index < -0.39 is 37.9 Å². The van der Waals surface area contributed by atoms with Crippen molar-refractivity contribution in [3.63, 3.8) is 0 Å². The van der Waals surface area contributed by atoms with Gasteiger partial charge < -0.3 is 0 Å². The maximum Gasteiger partial charge on any atom is 0.271 e. The van der Waals surface area contributed by atoms with Crippen molar-refractivity contribution in [2.75, 3.05) is 0 Å². The van der Waals surface area contributed by atoms with E-state index in [0.29, 0.717) is 5.92 Å². The maximum atomic E-state index is 14.8. The smallest absolute Gasteiger partial charge is 0.206 e. The number of hydrogen-bond donors (Lipinski definition) is 0. The Morgan fingerprint density at radius 1 is 0.967 bits per heavy atom. The highest BCUT2D eigenvalue weighted by Crippen LogP contribution is 2.37. The van der Waals surface area contributed by atoms with E-state index in [0.717, 1.165) is 30.5 Å². The fraction of sp³-hybridized carbons (Fsp3) is 0.417. The second-order valence-electron chi connectivity index (χ2n) is 8.24. The third-order valence-electron chi connectivity index (χ3n) is 6.17. The molecule has 0 amide bonds. The van der Waals surface area contributed by atoms with Crippen molar-refractivity contribution in [3.05, 3.63) is 65.0 Å². The van der Waals surface area contributed by atoms with Crippen LogP contribution in [0.1, 0.15) is 56.1 Å². The highest BCUT2D eigenvalue weighted by atomic mass is 28.3. The van der Waals surface area contributed by atoms with Crippen LogP contribution >= 0.6 is 0 Å². The van der Waals surface area contributed by atoms with Crippen LogP contribution < -0.4 is 0 Å². The Hall–Kier alpha value is -1.95. The number of rotatable bonds is 7. The Balaban J connectivity index is 1.73. The van der Waals surface area contributed by atoms with E-state index in [1.54, 1.807) is 0 Å². The minimum absolute atomic E-state index is 0.00231. The van der Waals surface area contributed by atoms with E-state index in [-0.39, 0.29) is 17.2 Å². The van der Waals surface area contributed by atoms with Gasteiger partial charge in [-0.15, -0.1) is 0 Å². The third-order valence-corrected chi connectivity index (χ3v) is 9.70. The molecule has 1 aliphatic heterocycles. The van der Waals surface area contributed by atoms with E-state index >= 15 is 0 Å². The van der Waals surface area contributed by atoms with Crippen LogP contribution in [0.4, 0.5) is 22.0 Å². The second kappa shape index (κ2) is 10.4. The Labute approximate surface area is 176 Å². The molecule has 0 nitrogen and oxygen atoms in total. The van der Waals surface area contributed by atoms with Gasteiger partial charge in [0.1, 0.15) is 17.5 Å². The van der Waals surface area contributed by atoms with Crippen LogP contribution in [0.25, 0.3) is 17.2 Å². The van der Waals surface area contributed by atoms with Gasteiger partial charge in [-0.25, -0.2) is 13.2 Å². The molecule has 0 saturated carbocycles. The average Bonchev–Trinajstić information content (AvgIpc) is 2.71. The molecule has 1 saturated heterocycles. The van der Waals surface area contributed by atoms with Gasteiger partial charge in [0, 0.05) is 20.4 Å². The molecular weight excluding hydrogens is 411 g/mol. The zero-order chi connectivity index (χ0) is 21.7. The van der Waals surface area contributed by atoms with Crippen molar-refractivity contribution in [1.29, 1.82) is 0 Å². The molecule has 0 aliphatic carbocycles. The van der Waals surface area contributed by atoms with Crippen molar-refractivity contribution < 1.29 is 22.0 Å². The van der Waals surface area contributed by atoms with Crippen LogP contribution in [0.2, 0.25) is 18.1 Å². The van der Waals surface area contributed by atoms with Gasteiger partial charge in [0.05, 0.1) is 5.56 Å². The lowest BCUT2D eigenvalue weighted by Gasteiger charge is -2.28. The highest BCUT2D eigenvalue weighted by molar-refractivity contribution is 6.59. The number of halogens is 5. The van der Waals surface area contributed by atoms with Crippen molar-refractivity contribution in [2.45, 2.75) is 63.1 Å². The van der Waals surface area contributed by atoms with Crippen molar-refractivity contribution in [3.8, 4) is 11.1 Å². The fourth-order valence-electron chi connectivity index (χ4n) is 4.47. The maximum absolute atomic E-state index is 14.8. The topological polar surface area (TPSA) is 0 Å². The summed E-state index contributed by atoms with van der Waals surface area (Å²) in [6.07, 6.45) is 3.99. The molecule has 30 heavy (non-hydrogen) atoms. The minimum atomic E-state index is -2.20. The molecule has 0 bridgehead atoms. The van der Waals surface area contributed by atoms with Crippen molar-refractivity contribution >= 4 is 14.9 Å². The van der Waals surface area contributed by atoms with E-state index in [1.165, 1.54) is 49.5 Å². The molecule has 1 heterocycles. The van der Waals surface area contributed by atoms with Crippen LogP contribution in [0, 0.1) is 17.5 Å². The monoisotopic (exact) mass is 438 g/mol. The molecule has 2 aromatic carbocycles. The Morgan fingerprint density at radius 2 is 1.63 bits per heavy atom. The minimum Gasteiger partial charge on any atom is -0.206 e. The molecule has 162 valence electrons. The molecule has 1 aliphatic rings. The number of unbranched alkanes of at least 4 members (excludes halogenated alkanes) is 2. The van der Waals surface area contributed by atoms with E-state index in [4.69, 9.17) is 0 Å². The standard InChI is InChI=1S/C24H27F5Si/c1-2-3-4-9-30-10-7-16(8-11-30)17-5-6-19(21(25)12-17)18-13-22(26)20(15-24(28)29)23(27)14-18/h5-6,12-16,30H,2-4,7-11H2,1H3. The molecule has 0 radical (unpaired) electrons. The first-order valence-electron chi connectivity index (χ1n) is 10.7. The van der Waals surface area contributed by atoms with Gasteiger partial charge in [0.25, 0.3) is 6.08 Å². The Morgan fingerprint density at radius 3 is 2.20 bits per heavy atom. The highest BCUT2D eigenvalue weighted by Gasteiger charge is 2.24. The number of benzene rings is 2. The molecule has 0 N–H and O–H groups in total. The van der Waals surface area contributed by atoms with Gasteiger partial charge in [0.15, 0.2) is 0 Å². The predicted molar refractivity (Wildman–Crippen MR) is 115 cm³/mol. The third kappa shape index (κ3) is 5.59. The van der Waals surface area contributed by atoms with Crippen LogP contribution in [-0.4, -0.2) is 8.80 Å². The lowest BCUT2D eigenvalue weighted by atomic mass is 9.91. The quantitative estimate of drug-likeness (QED) is 0.232. The lowest BCUT2D eigenvalue weighted by Crippen LogP contribution is -2.20. The second-order valence-corrected chi connectivity index (χ2v) is 11.7. The van der Waals surface area contributed by atoms with E-state index in [2.05, 4.69) is 6.92 Å². The van der Waals surface area contributed by atoms with Gasteiger partial charge in [0.2, 0.25) is 0 Å². The molecule has 0 unspecified atom stereocenters. The summed E-state index contributed by atoms with van der Waals surface area (Å²) in [6.45, 7) is 2.22. The van der Waals surface area contributed by atoms with E-state index in [9.17, 15) is 22.0 Å². The number of hydrogen-bond acceptors (Lipinski definition) is 0. The molecule has 2 aromatic rings. The van der Waals surface area contributed by atoms with E-state index in [1.807, 2.05) is 6.07 Å². The summed E-state index contributed by atoms with van der Waals surface area (Å²) in [6, 6.07) is 10.6. The first kappa shape index (κ1) is 22.7. The molecule has 3 rings (SSSR count). The fourth-order valence-corrected chi connectivity index (χ4v) is 7.95. The van der Waals surface area contributed by atoms with Crippen molar-refractivity contribution in [2.24, 2.45) is 0 Å². The SMILES string of the molecule is CCCCC[SiH]1CCC(c2ccc(-c3cc(F)c(C=C(F)F)c(F)c3)c(F)c2)CC1. The molecular formula is C24H27F5Si. The molecule has 0 spiro atoms. The summed E-state index contributed by atoms with van der Waals surface area (Å²) >= 11 is 0. The van der Waals surface area contributed by atoms with Gasteiger partial charge in [-0.05, 0) is 48.1 Å². The van der Waals surface area contributed by atoms with Gasteiger partial charge in [-0.1, -0.05) is 56.5 Å². The first-order valence-corrected chi connectivity index (χ1v) is 13.2.